The molecule has 4 aliphatic rings. The number of hydrogen-bond donors (Lipinski definition) is 5. The van der Waals surface area contributed by atoms with Gasteiger partial charge in [-0.3, -0.25) is 15.1 Å². The Morgan fingerprint density at radius 1 is 1.38 bits per heavy atom. The third kappa shape index (κ3) is 3.40. The lowest BCUT2D eigenvalue weighted by Gasteiger charge is -2.46. The van der Waals surface area contributed by atoms with Crippen LogP contribution in [0.3, 0.4) is 0 Å². The molecule has 1 saturated carbocycles. The highest BCUT2D eigenvalue weighted by Gasteiger charge is 2.60. The molecule has 0 spiro atoms. The summed E-state index contributed by atoms with van der Waals surface area (Å²) in [4.78, 5) is 28.9. The second kappa shape index (κ2) is 7.48. The number of rotatable bonds is 6. The Morgan fingerprint density at radius 2 is 2.07 bits per heavy atom. The van der Waals surface area contributed by atoms with Gasteiger partial charge in [0.05, 0.1) is 18.1 Å². The summed E-state index contributed by atoms with van der Waals surface area (Å²) >= 11 is 1.59. The Balaban J connectivity index is 1.37. The van der Waals surface area contributed by atoms with Crippen molar-refractivity contribution in [3.63, 3.8) is 0 Å². The molecule has 0 aromatic heterocycles. The van der Waals surface area contributed by atoms with Crippen molar-refractivity contribution >= 4 is 29.6 Å². The van der Waals surface area contributed by atoms with E-state index >= 15 is 0 Å². The van der Waals surface area contributed by atoms with Crippen LogP contribution in [0.1, 0.15) is 33.1 Å². The van der Waals surface area contributed by atoms with Gasteiger partial charge >= 0.3 is 5.97 Å². The standard InChI is InChI=1S/C19H29N5O4S/c1-8-14-13(9(2)25)17(26)24(14)15(18(27)28)16(8)29-12-6-23(7-12)11-4-3-10(5-11)22-19(20)21/h8-14,25H,3-7H2,1-2H3,(H,27,28)(H4,20,21,22)/t8-,9?,10+,11-,13-,14-/m1/s1. The first-order chi connectivity index (χ1) is 13.7. The molecule has 0 radical (unpaired) electrons. The van der Waals surface area contributed by atoms with Gasteiger partial charge in [-0.05, 0) is 26.2 Å². The minimum Gasteiger partial charge on any atom is -0.477 e. The zero-order valence-electron chi connectivity index (χ0n) is 16.7. The number of carboxylic acid groups (broad SMARTS) is 1. The number of β-lactam (4-membered cyclic amide) rings is 1. The number of likely N-dealkylation sites (tertiary alicyclic amines) is 1. The maximum absolute atomic E-state index is 12.4. The van der Waals surface area contributed by atoms with Crippen LogP contribution in [0, 0.1) is 17.2 Å². The van der Waals surface area contributed by atoms with Crippen molar-refractivity contribution in [2.24, 2.45) is 17.6 Å². The van der Waals surface area contributed by atoms with Crippen molar-refractivity contribution in [3.05, 3.63) is 10.6 Å². The SMILES string of the molecule is CC(O)[C@H]1C(=O)N2C(C(=O)O)=C(SC3CN([C@@H]4CC[C@H](NC(=N)N)C4)C3)[C@H](C)[C@H]12. The predicted octanol–water partition coefficient (Wildman–Crippen LogP) is -0.0383. The number of amides is 1. The van der Waals surface area contributed by atoms with Gasteiger partial charge in [0.25, 0.3) is 0 Å². The van der Waals surface area contributed by atoms with Crippen LogP contribution in [0.25, 0.3) is 0 Å². The van der Waals surface area contributed by atoms with Crippen LogP contribution in [0.5, 0.6) is 0 Å². The Labute approximate surface area is 174 Å². The molecule has 160 valence electrons. The quantitative estimate of drug-likeness (QED) is 0.228. The monoisotopic (exact) mass is 423 g/mol. The number of fused-ring (bicyclic) bond motifs is 1. The molecule has 10 heteroatoms. The summed E-state index contributed by atoms with van der Waals surface area (Å²) in [5.41, 5.74) is 5.54. The third-order valence-corrected chi connectivity index (χ3v) is 8.21. The van der Waals surface area contributed by atoms with E-state index in [2.05, 4.69) is 10.2 Å². The van der Waals surface area contributed by atoms with Crippen LogP contribution in [0.15, 0.2) is 10.6 Å². The molecule has 6 N–H and O–H groups in total. The Kier molecular flexibility index (Phi) is 5.28. The van der Waals surface area contributed by atoms with E-state index < -0.39 is 18.0 Å². The number of nitrogens with one attached hydrogen (secondary N) is 2. The van der Waals surface area contributed by atoms with Gasteiger partial charge < -0.3 is 26.2 Å². The highest BCUT2D eigenvalue weighted by atomic mass is 32.2. The summed E-state index contributed by atoms with van der Waals surface area (Å²) in [6, 6.07) is 0.478. The van der Waals surface area contributed by atoms with Crippen molar-refractivity contribution in [3.8, 4) is 0 Å². The molecular weight excluding hydrogens is 394 g/mol. The largest absolute Gasteiger partial charge is 0.477 e. The Bertz CT molecular complexity index is 766. The topological polar surface area (TPSA) is 143 Å². The maximum Gasteiger partial charge on any atom is 0.353 e. The molecule has 1 aliphatic carbocycles. The molecule has 29 heavy (non-hydrogen) atoms. The number of aliphatic carboxylic acids is 1. The lowest BCUT2D eigenvalue weighted by atomic mass is 9.79. The van der Waals surface area contributed by atoms with Crippen LogP contribution < -0.4 is 11.1 Å². The fourth-order valence-electron chi connectivity index (χ4n) is 5.34. The summed E-state index contributed by atoms with van der Waals surface area (Å²) in [5.74, 6) is -1.92. The van der Waals surface area contributed by atoms with Crippen molar-refractivity contribution < 1.29 is 19.8 Å². The molecule has 2 saturated heterocycles. The Hall–Kier alpha value is -1.78. The number of thioether (sulfide) groups is 1. The van der Waals surface area contributed by atoms with Gasteiger partial charge in [-0.2, -0.15) is 0 Å². The van der Waals surface area contributed by atoms with Gasteiger partial charge in [0.15, 0.2) is 5.96 Å². The zero-order chi connectivity index (χ0) is 21.0. The van der Waals surface area contributed by atoms with E-state index in [1.165, 1.54) is 4.90 Å². The number of carboxylic acids is 1. The molecule has 6 atom stereocenters. The second-order valence-corrected chi connectivity index (χ2v) is 10.0. The van der Waals surface area contributed by atoms with Crippen LogP contribution in [-0.4, -0.2) is 80.4 Å². The zero-order valence-corrected chi connectivity index (χ0v) is 17.5. The van der Waals surface area contributed by atoms with Gasteiger partial charge in [-0.1, -0.05) is 6.92 Å². The average Bonchev–Trinajstić information content (AvgIpc) is 3.11. The molecule has 1 amide bonds. The van der Waals surface area contributed by atoms with E-state index in [1.54, 1.807) is 18.7 Å². The smallest absolute Gasteiger partial charge is 0.353 e. The molecule has 4 rings (SSSR count). The van der Waals surface area contributed by atoms with Crippen molar-refractivity contribution in [1.29, 1.82) is 5.41 Å². The van der Waals surface area contributed by atoms with Gasteiger partial charge in [0.2, 0.25) is 5.91 Å². The summed E-state index contributed by atoms with van der Waals surface area (Å²) in [7, 11) is 0. The third-order valence-electron chi connectivity index (χ3n) is 6.76. The molecule has 3 fully saturated rings. The first-order valence-electron chi connectivity index (χ1n) is 10.2. The summed E-state index contributed by atoms with van der Waals surface area (Å²) in [6.45, 7) is 5.34. The second-order valence-electron chi connectivity index (χ2n) is 8.69. The van der Waals surface area contributed by atoms with Crippen molar-refractivity contribution in [2.45, 2.75) is 62.6 Å². The first-order valence-corrected chi connectivity index (χ1v) is 11.1. The van der Waals surface area contributed by atoms with Crippen molar-refractivity contribution in [2.75, 3.05) is 13.1 Å². The fraction of sp³-hybridized carbons (Fsp3) is 0.737. The molecule has 3 heterocycles. The van der Waals surface area contributed by atoms with Gasteiger partial charge in [-0.25, -0.2) is 4.79 Å². The number of aliphatic hydroxyl groups is 1. The number of nitrogens with zero attached hydrogens (tertiary/aromatic N) is 2. The summed E-state index contributed by atoms with van der Waals surface area (Å²) in [5, 5.41) is 30.3. The van der Waals surface area contributed by atoms with Crippen LogP contribution in [0.4, 0.5) is 0 Å². The molecule has 3 aliphatic heterocycles. The number of guanidine groups is 1. The van der Waals surface area contributed by atoms with E-state index in [4.69, 9.17) is 11.1 Å². The van der Waals surface area contributed by atoms with E-state index in [1.807, 2.05) is 6.92 Å². The number of carbonyl (C=O) groups excluding carboxylic acids is 1. The number of carbonyl (C=O) groups is 2. The van der Waals surface area contributed by atoms with Crippen molar-refractivity contribution in [1.82, 2.24) is 15.1 Å². The van der Waals surface area contributed by atoms with Gasteiger partial charge in [0, 0.05) is 41.2 Å². The number of nitrogens with two attached hydrogens (primary N) is 1. The average molecular weight is 424 g/mol. The van der Waals surface area contributed by atoms with E-state index in [0.29, 0.717) is 11.3 Å². The van der Waals surface area contributed by atoms with E-state index in [-0.39, 0.29) is 35.6 Å². The highest BCUT2D eigenvalue weighted by Crippen LogP contribution is 2.52. The predicted molar refractivity (Wildman–Crippen MR) is 109 cm³/mol. The van der Waals surface area contributed by atoms with Gasteiger partial charge in [-0.15, -0.1) is 11.8 Å². The van der Waals surface area contributed by atoms with E-state index in [9.17, 15) is 19.8 Å². The number of aliphatic hydroxyl groups excluding tert-OH is 1. The molecule has 1 unspecified atom stereocenters. The van der Waals surface area contributed by atoms with Crippen LogP contribution in [0.2, 0.25) is 0 Å². The van der Waals surface area contributed by atoms with Crippen LogP contribution >= 0.6 is 11.8 Å². The minimum absolute atomic E-state index is 0.0192. The lowest BCUT2D eigenvalue weighted by Crippen LogP contribution is -2.63. The normalized spacial score (nSPS) is 35.9. The Morgan fingerprint density at radius 3 is 2.66 bits per heavy atom. The lowest BCUT2D eigenvalue weighted by molar-refractivity contribution is -0.163. The highest BCUT2D eigenvalue weighted by molar-refractivity contribution is 8.03. The first kappa shape index (κ1) is 20.5. The van der Waals surface area contributed by atoms with E-state index in [0.717, 1.165) is 37.3 Å². The molecule has 0 aromatic rings. The summed E-state index contributed by atoms with van der Waals surface area (Å²) in [6.07, 6.45) is 2.27. The minimum atomic E-state index is -1.07. The molecular formula is C19H29N5O4S. The fourth-order valence-corrected chi connectivity index (χ4v) is 6.88. The molecule has 0 aromatic carbocycles. The molecule has 9 nitrogen and oxygen atoms in total. The number of hydrogen-bond acceptors (Lipinski definition) is 6. The van der Waals surface area contributed by atoms with Gasteiger partial charge in [0.1, 0.15) is 5.70 Å². The molecule has 0 bridgehead atoms. The van der Waals surface area contributed by atoms with Crippen LogP contribution in [-0.2, 0) is 9.59 Å². The summed E-state index contributed by atoms with van der Waals surface area (Å²) < 4.78 is 0. The maximum atomic E-state index is 12.4.